The summed E-state index contributed by atoms with van der Waals surface area (Å²) in [5.74, 6) is 1.96. The molecule has 0 radical (unpaired) electrons. The number of aromatic nitrogens is 1. The Labute approximate surface area is 191 Å². The second kappa shape index (κ2) is 8.78. The first-order valence-corrected chi connectivity index (χ1v) is 11.2. The molecule has 1 aromatic heterocycles. The average molecular weight is 450 g/mol. The van der Waals surface area contributed by atoms with E-state index in [1.807, 2.05) is 48.9 Å². The summed E-state index contributed by atoms with van der Waals surface area (Å²) < 4.78 is 18.2. The first kappa shape index (κ1) is 21.3. The van der Waals surface area contributed by atoms with Gasteiger partial charge in [0.15, 0.2) is 11.5 Å². The lowest BCUT2D eigenvalue weighted by molar-refractivity contribution is 0.0626. The fraction of sp³-hybridized carbons (Fsp3) is 0.360. The average Bonchev–Trinajstić information content (AvgIpc) is 3.30. The number of fused-ring (bicyclic) bond motifs is 2. The van der Waals surface area contributed by atoms with Gasteiger partial charge in [0.2, 0.25) is 12.2 Å². The molecule has 0 unspecified atom stereocenters. The molecule has 0 N–H and O–H groups in total. The Morgan fingerprint density at radius 3 is 2.61 bits per heavy atom. The number of hydrogen-bond acceptors (Lipinski definition) is 6. The fourth-order valence-electron chi connectivity index (χ4n) is 4.46. The molecule has 0 atom stereocenters. The van der Waals surface area contributed by atoms with Crippen LogP contribution in [0.1, 0.15) is 22.8 Å². The molecule has 0 saturated carbocycles. The number of pyridine rings is 1. The minimum atomic E-state index is -0.252. The van der Waals surface area contributed by atoms with Gasteiger partial charge in [0.1, 0.15) is 11.3 Å². The van der Waals surface area contributed by atoms with E-state index in [9.17, 15) is 9.59 Å². The molecule has 8 nitrogen and oxygen atoms in total. The maximum absolute atomic E-state index is 13.3. The summed E-state index contributed by atoms with van der Waals surface area (Å²) in [6, 6.07) is 11.4. The van der Waals surface area contributed by atoms with Crippen LogP contribution in [0.5, 0.6) is 17.2 Å². The second-order valence-corrected chi connectivity index (χ2v) is 8.35. The predicted octanol–water partition coefficient (Wildman–Crippen LogP) is 2.62. The predicted molar refractivity (Wildman–Crippen MR) is 124 cm³/mol. The zero-order chi connectivity index (χ0) is 22.9. The van der Waals surface area contributed by atoms with Crippen molar-refractivity contribution in [3.63, 3.8) is 0 Å². The van der Waals surface area contributed by atoms with E-state index in [0.29, 0.717) is 30.8 Å². The Bertz CT molecular complexity index is 1260. The lowest BCUT2D eigenvalue weighted by atomic mass is 10.1. The van der Waals surface area contributed by atoms with Gasteiger partial charge in [-0.2, -0.15) is 0 Å². The summed E-state index contributed by atoms with van der Waals surface area (Å²) >= 11 is 0. The number of hydrogen-bond donors (Lipinski definition) is 0. The number of piperazine rings is 1. The smallest absolute Gasteiger partial charge is 0.259 e. The van der Waals surface area contributed by atoms with Crippen molar-refractivity contribution in [2.75, 3.05) is 39.6 Å². The molecule has 3 aromatic rings. The summed E-state index contributed by atoms with van der Waals surface area (Å²) in [6.07, 6.45) is 1.65. The molecule has 0 spiro atoms. The van der Waals surface area contributed by atoms with Crippen LogP contribution >= 0.6 is 0 Å². The van der Waals surface area contributed by atoms with E-state index in [1.165, 1.54) is 0 Å². The summed E-state index contributed by atoms with van der Waals surface area (Å²) in [7, 11) is 1.85. The van der Waals surface area contributed by atoms with Gasteiger partial charge in [0.05, 0.1) is 17.5 Å². The largest absolute Gasteiger partial charge is 0.494 e. The molecule has 33 heavy (non-hydrogen) atoms. The Morgan fingerprint density at radius 1 is 1.03 bits per heavy atom. The van der Waals surface area contributed by atoms with Crippen molar-refractivity contribution in [3.05, 3.63) is 63.9 Å². The SMILES string of the molecule is CCOc1ccc2c(c1)c(=O)c(C(=O)N1CCN(Cc3ccc4c(c3)OCO4)CC1)cn2C. The Balaban J connectivity index is 1.29. The number of carbonyl (C=O) groups excluding carboxylic acids is 1. The van der Waals surface area contributed by atoms with Crippen LogP contribution < -0.4 is 19.6 Å². The zero-order valence-corrected chi connectivity index (χ0v) is 18.9. The van der Waals surface area contributed by atoms with Gasteiger partial charge in [-0.3, -0.25) is 14.5 Å². The molecule has 3 heterocycles. The Kier molecular flexibility index (Phi) is 5.68. The van der Waals surface area contributed by atoms with Gasteiger partial charge < -0.3 is 23.7 Å². The monoisotopic (exact) mass is 449 g/mol. The van der Waals surface area contributed by atoms with Crippen molar-refractivity contribution >= 4 is 16.8 Å². The molecular formula is C25H27N3O5. The van der Waals surface area contributed by atoms with Gasteiger partial charge in [0, 0.05) is 46.0 Å². The lowest BCUT2D eigenvalue weighted by Gasteiger charge is -2.34. The van der Waals surface area contributed by atoms with E-state index < -0.39 is 0 Å². The maximum atomic E-state index is 13.3. The van der Waals surface area contributed by atoms with Gasteiger partial charge in [-0.25, -0.2) is 0 Å². The van der Waals surface area contributed by atoms with E-state index in [1.54, 1.807) is 17.2 Å². The van der Waals surface area contributed by atoms with Crippen LogP contribution in [0.15, 0.2) is 47.4 Å². The quantitative estimate of drug-likeness (QED) is 0.596. The summed E-state index contributed by atoms with van der Waals surface area (Å²) in [6.45, 7) is 6.07. The highest BCUT2D eigenvalue weighted by Gasteiger charge is 2.25. The van der Waals surface area contributed by atoms with Crippen LogP contribution in [-0.4, -0.2) is 59.9 Å². The molecule has 2 aliphatic heterocycles. The molecule has 0 bridgehead atoms. The van der Waals surface area contributed by atoms with E-state index in [4.69, 9.17) is 14.2 Å². The van der Waals surface area contributed by atoms with Crippen LogP contribution in [0, 0.1) is 0 Å². The molecule has 2 aromatic carbocycles. The van der Waals surface area contributed by atoms with Crippen molar-refractivity contribution in [1.82, 2.24) is 14.4 Å². The van der Waals surface area contributed by atoms with Crippen LogP contribution in [0.4, 0.5) is 0 Å². The molecular weight excluding hydrogens is 422 g/mol. The van der Waals surface area contributed by atoms with E-state index in [0.717, 1.165) is 42.2 Å². The normalized spacial score (nSPS) is 15.8. The number of benzene rings is 2. The van der Waals surface area contributed by atoms with Gasteiger partial charge in [-0.05, 0) is 42.8 Å². The molecule has 8 heteroatoms. The van der Waals surface area contributed by atoms with Crippen molar-refractivity contribution in [2.24, 2.45) is 7.05 Å². The first-order chi connectivity index (χ1) is 16.0. The first-order valence-electron chi connectivity index (χ1n) is 11.2. The van der Waals surface area contributed by atoms with Crippen LogP contribution in [-0.2, 0) is 13.6 Å². The number of ether oxygens (including phenoxy) is 3. The van der Waals surface area contributed by atoms with Crippen molar-refractivity contribution in [3.8, 4) is 17.2 Å². The Morgan fingerprint density at radius 2 is 1.82 bits per heavy atom. The third-order valence-electron chi connectivity index (χ3n) is 6.20. The Hall–Kier alpha value is -3.52. The highest BCUT2D eigenvalue weighted by atomic mass is 16.7. The van der Waals surface area contributed by atoms with E-state index in [-0.39, 0.29) is 23.7 Å². The lowest BCUT2D eigenvalue weighted by Crippen LogP contribution is -2.49. The van der Waals surface area contributed by atoms with Crippen LogP contribution in [0.3, 0.4) is 0 Å². The van der Waals surface area contributed by atoms with Crippen molar-refractivity contribution in [1.29, 1.82) is 0 Å². The molecule has 1 saturated heterocycles. The number of nitrogens with zero attached hydrogens (tertiary/aromatic N) is 3. The topological polar surface area (TPSA) is 73.2 Å². The van der Waals surface area contributed by atoms with Crippen LogP contribution in [0.25, 0.3) is 10.9 Å². The van der Waals surface area contributed by atoms with E-state index >= 15 is 0 Å². The number of rotatable bonds is 5. The summed E-state index contributed by atoms with van der Waals surface area (Å²) in [5.41, 5.74) is 1.86. The molecule has 0 aliphatic carbocycles. The standard InChI is InChI=1S/C25H27N3O5/c1-3-31-18-5-6-21-19(13-18)24(29)20(15-26(21)2)25(30)28-10-8-27(9-11-28)14-17-4-7-22-23(12-17)33-16-32-22/h4-7,12-13,15H,3,8-11,14,16H2,1-2H3. The minimum absolute atomic E-state index is 0.197. The van der Waals surface area contributed by atoms with Crippen LogP contribution in [0.2, 0.25) is 0 Å². The van der Waals surface area contributed by atoms with Gasteiger partial charge in [-0.1, -0.05) is 6.07 Å². The van der Waals surface area contributed by atoms with Gasteiger partial charge >= 0.3 is 0 Å². The third-order valence-corrected chi connectivity index (χ3v) is 6.20. The molecule has 1 amide bonds. The number of amides is 1. The minimum Gasteiger partial charge on any atom is -0.494 e. The highest BCUT2D eigenvalue weighted by molar-refractivity contribution is 5.97. The van der Waals surface area contributed by atoms with Crippen molar-refractivity contribution in [2.45, 2.75) is 13.5 Å². The van der Waals surface area contributed by atoms with Crippen molar-refractivity contribution < 1.29 is 19.0 Å². The maximum Gasteiger partial charge on any atom is 0.259 e. The molecule has 1 fully saturated rings. The highest BCUT2D eigenvalue weighted by Crippen LogP contribution is 2.32. The number of carbonyl (C=O) groups is 1. The molecule has 2 aliphatic rings. The molecule has 172 valence electrons. The third kappa shape index (κ3) is 4.14. The second-order valence-electron chi connectivity index (χ2n) is 8.35. The van der Waals surface area contributed by atoms with Gasteiger partial charge in [0.25, 0.3) is 5.91 Å². The van der Waals surface area contributed by atoms with Gasteiger partial charge in [-0.15, -0.1) is 0 Å². The fourth-order valence-corrected chi connectivity index (χ4v) is 4.46. The zero-order valence-electron chi connectivity index (χ0n) is 18.9. The van der Waals surface area contributed by atoms with E-state index in [2.05, 4.69) is 4.90 Å². The number of aryl methyl sites for hydroxylation is 1. The summed E-state index contributed by atoms with van der Waals surface area (Å²) in [5, 5.41) is 0.496. The molecule has 5 rings (SSSR count). The summed E-state index contributed by atoms with van der Waals surface area (Å²) in [4.78, 5) is 30.5.